The van der Waals surface area contributed by atoms with Crippen LogP contribution in [0, 0.1) is 6.92 Å². The zero-order chi connectivity index (χ0) is 8.84. The third-order valence-electron chi connectivity index (χ3n) is 2.96. The molecule has 1 N–H and O–H groups in total. The highest BCUT2D eigenvalue weighted by Gasteiger charge is 2.38. The van der Waals surface area contributed by atoms with Crippen LogP contribution in [0.5, 0.6) is 0 Å². The van der Waals surface area contributed by atoms with Crippen molar-refractivity contribution < 1.29 is 0 Å². The Kier molecular flexibility index (Phi) is 1.60. The molecule has 3 nitrogen and oxygen atoms in total. The maximum Gasteiger partial charge on any atom is 0.112 e. The molecule has 2 atom stereocenters. The molecule has 2 saturated heterocycles. The Morgan fingerprint density at radius 3 is 3.15 bits per heavy atom. The summed E-state index contributed by atoms with van der Waals surface area (Å²) in [6, 6.07) is 3.66. The maximum absolute atomic E-state index is 4.32. The van der Waals surface area contributed by atoms with Crippen molar-refractivity contribution in [3.05, 3.63) is 11.8 Å². The van der Waals surface area contributed by atoms with Gasteiger partial charge in [-0.1, -0.05) is 0 Å². The quantitative estimate of drug-likeness (QED) is 0.724. The number of piperazine rings is 1. The lowest BCUT2D eigenvalue weighted by Gasteiger charge is -2.27. The first-order valence-corrected chi connectivity index (χ1v) is 5.53. The molecule has 1 aromatic rings. The number of hydrogen-bond acceptors (Lipinski definition) is 4. The lowest BCUT2D eigenvalue weighted by atomic mass is 10.2. The second-order valence-electron chi connectivity index (χ2n) is 3.95. The summed E-state index contributed by atoms with van der Waals surface area (Å²) in [6.45, 7) is 4.39. The summed E-state index contributed by atoms with van der Waals surface area (Å²) < 4.78 is 4.32. The van der Waals surface area contributed by atoms with Crippen molar-refractivity contribution in [3.63, 3.8) is 0 Å². The van der Waals surface area contributed by atoms with Crippen molar-refractivity contribution in [1.82, 2.24) is 9.69 Å². The number of aromatic nitrogens is 1. The fourth-order valence-electron chi connectivity index (χ4n) is 2.32. The van der Waals surface area contributed by atoms with Gasteiger partial charge in [-0.25, -0.2) is 0 Å². The van der Waals surface area contributed by atoms with Gasteiger partial charge in [0.25, 0.3) is 0 Å². The molecule has 3 heterocycles. The van der Waals surface area contributed by atoms with Crippen LogP contribution >= 0.6 is 11.5 Å². The van der Waals surface area contributed by atoms with Crippen LogP contribution in [0.15, 0.2) is 6.07 Å². The molecule has 4 heteroatoms. The van der Waals surface area contributed by atoms with Crippen molar-refractivity contribution in [1.29, 1.82) is 0 Å². The molecule has 0 amide bonds. The lowest BCUT2D eigenvalue weighted by Crippen LogP contribution is -2.43. The Morgan fingerprint density at radius 2 is 2.62 bits per heavy atom. The van der Waals surface area contributed by atoms with Crippen LogP contribution in [0.2, 0.25) is 0 Å². The zero-order valence-electron chi connectivity index (χ0n) is 7.66. The molecule has 3 rings (SSSR count). The van der Waals surface area contributed by atoms with Gasteiger partial charge in [0.1, 0.15) is 5.00 Å². The molecule has 2 fully saturated rings. The van der Waals surface area contributed by atoms with E-state index in [0.29, 0.717) is 0 Å². The molecule has 2 aliphatic rings. The first-order chi connectivity index (χ1) is 6.33. The van der Waals surface area contributed by atoms with Crippen LogP contribution in [0.1, 0.15) is 12.1 Å². The van der Waals surface area contributed by atoms with Gasteiger partial charge in [-0.05, 0) is 30.9 Å². The first kappa shape index (κ1) is 7.76. The number of aryl methyl sites for hydroxylation is 1. The Balaban J connectivity index is 1.87. The van der Waals surface area contributed by atoms with E-state index in [2.05, 4.69) is 27.6 Å². The van der Waals surface area contributed by atoms with Crippen LogP contribution in [0.3, 0.4) is 0 Å². The van der Waals surface area contributed by atoms with Gasteiger partial charge >= 0.3 is 0 Å². The second kappa shape index (κ2) is 2.69. The van der Waals surface area contributed by atoms with Crippen LogP contribution in [-0.2, 0) is 0 Å². The van der Waals surface area contributed by atoms with Gasteiger partial charge in [-0.2, -0.15) is 4.37 Å². The monoisotopic (exact) mass is 195 g/mol. The Bertz CT molecular complexity index is 322. The topological polar surface area (TPSA) is 28.2 Å². The van der Waals surface area contributed by atoms with E-state index in [-0.39, 0.29) is 0 Å². The number of nitrogens with one attached hydrogen (secondary N) is 1. The average molecular weight is 195 g/mol. The first-order valence-electron chi connectivity index (χ1n) is 4.76. The third kappa shape index (κ3) is 1.16. The number of rotatable bonds is 1. The van der Waals surface area contributed by atoms with Crippen molar-refractivity contribution >= 4 is 16.5 Å². The van der Waals surface area contributed by atoms with Crippen molar-refractivity contribution in [2.75, 3.05) is 18.0 Å². The second-order valence-corrected chi connectivity index (χ2v) is 4.74. The zero-order valence-corrected chi connectivity index (χ0v) is 8.47. The fraction of sp³-hybridized carbons (Fsp3) is 0.667. The van der Waals surface area contributed by atoms with E-state index in [1.54, 1.807) is 11.5 Å². The lowest BCUT2D eigenvalue weighted by molar-refractivity contribution is 0.582. The summed E-state index contributed by atoms with van der Waals surface area (Å²) in [5.41, 5.74) is 1.15. The van der Waals surface area contributed by atoms with E-state index in [1.807, 2.05) is 0 Å². The van der Waals surface area contributed by atoms with E-state index < -0.39 is 0 Å². The van der Waals surface area contributed by atoms with Crippen molar-refractivity contribution in [3.8, 4) is 0 Å². The van der Waals surface area contributed by atoms with E-state index >= 15 is 0 Å². The number of fused-ring (bicyclic) bond motifs is 2. The molecule has 2 aliphatic heterocycles. The standard InChI is InChI=1S/C9H13N3S/c1-6-2-9(13-11-6)12-5-7-3-8(12)4-10-7/h2,7-8,10H,3-5H2,1H3/t7-,8+/m1/s1. The molecule has 1 aromatic heterocycles. The molecule has 0 unspecified atom stereocenters. The molecule has 70 valence electrons. The average Bonchev–Trinajstić information content (AvgIpc) is 2.77. The van der Waals surface area contributed by atoms with Gasteiger partial charge in [-0.3, -0.25) is 0 Å². The summed E-state index contributed by atoms with van der Waals surface area (Å²) in [6.07, 6.45) is 1.32. The molecule has 0 aromatic carbocycles. The molecular formula is C9H13N3S. The highest BCUT2D eigenvalue weighted by molar-refractivity contribution is 7.10. The van der Waals surface area contributed by atoms with E-state index in [9.17, 15) is 0 Å². The van der Waals surface area contributed by atoms with Gasteiger partial charge in [0, 0.05) is 25.2 Å². The smallest absolute Gasteiger partial charge is 0.112 e. The summed E-state index contributed by atoms with van der Waals surface area (Å²) in [5, 5.41) is 4.86. The largest absolute Gasteiger partial charge is 0.356 e. The van der Waals surface area contributed by atoms with Crippen LogP contribution in [-0.4, -0.2) is 29.5 Å². The van der Waals surface area contributed by atoms with Crippen LogP contribution in [0.25, 0.3) is 0 Å². The van der Waals surface area contributed by atoms with Crippen molar-refractivity contribution in [2.24, 2.45) is 0 Å². The summed E-state index contributed by atoms with van der Waals surface area (Å²) in [7, 11) is 0. The van der Waals surface area contributed by atoms with Gasteiger partial charge < -0.3 is 10.2 Å². The molecule has 0 saturated carbocycles. The molecular weight excluding hydrogens is 182 g/mol. The van der Waals surface area contributed by atoms with E-state index in [0.717, 1.165) is 24.3 Å². The highest BCUT2D eigenvalue weighted by atomic mass is 32.1. The number of nitrogens with zero attached hydrogens (tertiary/aromatic N) is 2. The predicted molar refractivity (Wildman–Crippen MR) is 54.4 cm³/mol. The number of anilines is 1. The maximum atomic E-state index is 4.32. The molecule has 0 spiro atoms. The SMILES string of the molecule is Cc1cc(N2C[C@H]3C[C@H]2CN3)sn1. The fourth-order valence-corrected chi connectivity index (χ4v) is 3.16. The minimum absolute atomic E-state index is 0.727. The van der Waals surface area contributed by atoms with Gasteiger partial charge in [0.15, 0.2) is 0 Å². The van der Waals surface area contributed by atoms with Crippen LogP contribution < -0.4 is 10.2 Å². The normalized spacial score (nSPS) is 31.6. The molecule has 13 heavy (non-hydrogen) atoms. The summed E-state index contributed by atoms with van der Waals surface area (Å²) in [5.74, 6) is 0. The van der Waals surface area contributed by atoms with Gasteiger partial charge in [0.2, 0.25) is 0 Å². The Labute approximate surface area is 81.9 Å². The van der Waals surface area contributed by atoms with Gasteiger partial charge in [0.05, 0.1) is 5.69 Å². The third-order valence-corrected chi connectivity index (χ3v) is 3.87. The molecule has 2 bridgehead atoms. The summed E-state index contributed by atoms with van der Waals surface area (Å²) in [4.78, 5) is 2.51. The van der Waals surface area contributed by atoms with Gasteiger partial charge in [-0.15, -0.1) is 0 Å². The number of hydrogen-bond donors (Lipinski definition) is 1. The highest BCUT2D eigenvalue weighted by Crippen LogP contribution is 2.32. The van der Waals surface area contributed by atoms with Crippen LogP contribution in [0.4, 0.5) is 5.00 Å². The minimum atomic E-state index is 0.727. The molecule has 0 aliphatic carbocycles. The predicted octanol–water partition coefficient (Wildman–Crippen LogP) is 1.00. The minimum Gasteiger partial charge on any atom is -0.356 e. The van der Waals surface area contributed by atoms with E-state index in [4.69, 9.17) is 0 Å². The summed E-state index contributed by atoms with van der Waals surface area (Å²) >= 11 is 1.63. The van der Waals surface area contributed by atoms with E-state index in [1.165, 1.54) is 18.0 Å². The van der Waals surface area contributed by atoms with Crippen molar-refractivity contribution in [2.45, 2.75) is 25.4 Å². The molecule has 0 radical (unpaired) electrons. The Morgan fingerprint density at radius 1 is 1.69 bits per heavy atom. The Hall–Kier alpha value is -0.610.